The van der Waals surface area contributed by atoms with Gasteiger partial charge in [-0.15, -0.1) is 0 Å². The monoisotopic (exact) mass is 485 g/mol. The third-order valence-electron chi connectivity index (χ3n) is 7.35. The maximum atomic E-state index is 12.9. The average molecular weight is 486 g/mol. The van der Waals surface area contributed by atoms with Crippen LogP contribution in [0.2, 0.25) is 0 Å². The highest BCUT2D eigenvalue weighted by Gasteiger charge is 2.24. The average Bonchev–Trinajstić information content (AvgIpc) is 3.15. The van der Waals surface area contributed by atoms with Gasteiger partial charge in [-0.3, -0.25) is 4.79 Å². The molecule has 1 saturated heterocycles. The summed E-state index contributed by atoms with van der Waals surface area (Å²) in [4.78, 5) is 20.7. The van der Waals surface area contributed by atoms with E-state index in [2.05, 4.69) is 27.2 Å². The Bertz CT molecular complexity index is 1160. The highest BCUT2D eigenvalue weighted by molar-refractivity contribution is 5.77. The predicted molar refractivity (Wildman–Crippen MR) is 142 cm³/mol. The van der Waals surface area contributed by atoms with Crippen molar-refractivity contribution >= 4 is 23.0 Å². The zero-order valence-electron chi connectivity index (χ0n) is 21.3. The summed E-state index contributed by atoms with van der Waals surface area (Å²) in [7, 11) is 0. The summed E-state index contributed by atoms with van der Waals surface area (Å²) in [5, 5.41) is 12.7. The van der Waals surface area contributed by atoms with E-state index in [1.54, 1.807) is 0 Å². The van der Waals surface area contributed by atoms with Gasteiger partial charge in [-0.05, 0) is 87.4 Å². The fraction of sp³-hybridized carbons (Fsp3) is 0.483. The molecule has 7 heteroatoms. The molecule has 0 spiro atoms. The van der Waals surface area contributed by atoms with Crippen molar-refractivity contribution in [1.29, 1.82) is 5.26 Å². The highest BCUT2D eigenvalue weighted by Crippen LogP contribution is 2.27. The standard InChI is InChI=1S/C29H35N5O2/c1-21-17-25(6-5-23(21)19-30)32-24-7-10-27(11-8-24)36-20-29(35)34-14-4-13-33(15-16-34)26-9-12-28(31-3)22(2)18-26/h5-6,9,12,17-18,24,27,32H,4,7-8,10-11,13-16,20H2,1-2H3. The number of nitrogens with one attached hydrogen (secondary N) is 1. The van der Waals surface area contributed by atoms with E-state index in [-0.39, 0.29) is 18.6 Å². The van der Waals surface area contributed by atoms with Crippen LogP contribution in [0.25, 0.3) is 4.85 Å². The van der Waals surface area contributed by atoms with Crippen LogP contribution in [-0.4, -0.2) is 55.7 Å². The van der Waals surface area contributed by atoms with Crippen molar-refractivity contribution in [3.05, 3.63) is 64.5 Å². The first-order valence-electron chi connectivity index (χ1n) is 12.9. The number of carbonyl (C=O) groups excluding carboxylic acids is 1. The van der Waals surface area contributed by atoms with Crippen LogP contribution in [0, 0.1) is 31.8 Å². The lowest BCUT2D eigenvalue weighted by molar-refractivity contribution is -0.138. The van der Waals surface area contributed by atoms with E-state index in [1.807, 2.05) is 49.1 Å². The molecule has 0 bridgehead atoms. The van der Waals surface area contributed by atoms with Gasteiger partial charge in [-0.2, -0.15) is 5.26 Å². The number of hydrogen-bond donors (Lipinski definition) is 1. The fourth-order valence-corrected chi connectivity index (χ4v) is 5.16. The SMILES string of the molecule is [C-]#[N+]c1ccc(N2CCCN(C(=O)COC3CCC(Nc4ccc(C#N)c(C)c4)CC3)CC2)cc1C. The van der Waals surface area contributed by atoms with Gasteiger partial charge in [-0.25, -0.2) is 4.85 Å². The van der Waals surface area contributed by atoms with Gasteiger partial charge in [0.1, 0.15) is 6.61 Å². The second-order valence-electron chi connectivity index (χ2n) is 9.87. The summed E-state index contributed by atoms with van der Waals surface area (Å²) in [5.41, 5.74) is 5.56. The van der Waals surface area contributed by atoms with Gasteiger partial charge in [0.15, 0.2) is 5.69 Å². The minimum absolute atomic E-state index is 0.0738. The number of rotatable bonds is 6. The van der Waals surface area contributed by atoms with Crippen LogP contribution in [0.1, 0.15) is 48.8 Å². The molecule has 1 N–H and O–H groups in total. The summed E-state index contributed by atoms with van der Waals surface area (Å²) >= 11 is 0. The zero-order valence-corrected chi connectivity index (χ0v) is 21.3. The Kier molecular flexibility index (Phi) is 8.46. The van der Waals surface area contributed by atoms with Gasteiger partial charge < -0.3 is 19.9 Å². The van der Waals surface area contributed by atoms with Crippen LogP contribution in [-0.2, 0) is 9.53 Å². The van der Waals surface area contributed by atoms with E-state index in [0.717, 1.165) is 74.2 Å². The number of amides is 1. The molecule has 7 nitrogen and oxygen atoms in total. The van der Waals surface area contributed by atoms with Crippen LogP contribution in [0.3, 0.4) is 0 Å². The molecule has 1 aliphatic carbocycles. The van der Waals surface area contributed by atoms with Crippen LogP contribution in [0.4, 0.5) is 17.1 Å². The third kappa shape index (κ3) is 6.36. The molecule has 1 heterocycles. The Hall–Kier alpha value is -3.55. The summed E-state index contributed by atoms with van der Waals surface area (Å²) in [6.45, 7) is 14.4. The highest BCUT2D eigenvalue weighted by atomic mass is 16.5. The first-order valence-corrected chi connectivity index (χ1v) is 12.9. The molecule has 2 fully saturated rings. The van der Waals surface area contributed by atoms with Crippen molar-refractivity contribution in [3.63, 3.8) is 0 Å². The molecule has 2 aliphatic rings. The van der Waals surface area contributed by atoms with Crippen molar-refractivity contribution in [1.82, 2.24) is 4.90 Å². The lowest BCUT2D eigenvalue weighted by atomic mass is 9.92. The van der Waals surface area contributed by atoms with E-state index >= 15 is 0 Å². The lowest BCUT2D eigenvalue weighted by Crippen LogP contribution is -2.39. The molecule has 2 aromatic carbocycles. The summed E-state index contributed by atoms with van der Waals surface area (Å²) < 4.78 is 6.04. The molecule has 0 aromatic heterocycles. The van der Waals surface area contributed by atoms with Gasteiger partial charge in [0, 0.05) is 43.6 Å². The van der Waals surface area contributed by atoms with Crippen LogP contribution >= 0.6 is 0 Å². The third-order valence-corrected chi connectivity index (χ3v) is 7.35. The Labute approximate surface area is 214 Å². The van der Waals surface area contributed by atoms with Gasteiger partial charge in [0.25, 0.3) is 0 Å². The van der Waals surface area contributed by atoms with E-state index in [9.17, 15) is 4.79 Å². The number of anilines is 2. The molecule has 1 aliphatic heterocycles. The quantitative estimate of drug-likeness (QED) is 0.569. The summed E-state index contributed by atoms with van der Waals surface area (Å²) in [6, 6.07) is 14.4. The molecule has 2 aromatic rings. The molecule has 1 saturated carbocycles. The van der Waals surface area contributed by atoms with Crippen molar-refractivity contribution < 1.29 is 9.53 Å². The van der Waals surface area contributed by atoms with Crippen molar-refractivity contribution in [2.45, 2.75) is 58.1 Å². The number of benzene rings is 2. The minimum Gasteiger partial charge on any atom is -0.382 e. The van der Waals surface area contributed by atoms with E-state index < -0.39 is 0 Å². The topological polar surface area (TPSA) is 73.0 Å². The molecule has 1 amide bonds. The van der Waals surface area contributed by atoms with Gasteiger partial charge >= 0.3 is 0 Å². The molecule has 36 heavy (non-hydrogen) atoms. The smallest absolute Gasteiger partial charge is 0.248 e. The van der Waals surface area contributed by atoms with E-state index in [1.165, 1.54) is 0 Å². The maximum Gasteiger partial charge on any atom is 0.248 e. The number of ether oxygens (including phenoxy) is 1. The first-order chi connectivity index (χ1) is 17.5. The Balaban J connectivity index is 1.20. The molecule has 0 unspecified atom stereocenters. The normalized spacial score (nSPS) is 20.2. The molecule has 0 radical (unpaired) electrons. The van der Waals surface area contributed by atoms with Crippen LogP contribution in [0.5, 0.6) is 0 Å². The van der Waals surface area contributed by atoms with Crippen molar-refractivity contribution in [2.24, 2.45) is 0 Å². The Morgan fingerprint density at radius 2 is 1.89 bits per heavy atom. The number of nitrogens with zero attached hydrogens (tertiary/aromatic N) is 4. The van der Waals surface area contributed by atoms with Gasteiger partial charge in [0.05, 0.1) is 24.3 Å². The van der Waals surface area contributed by atoms with Gasteiger partial charge in [-0.1, -0.05) is 6.07 Å². The summed E-state index contributed by atoms with van der Waals surface area (Å²) in [6.07, 6.45) is 4.93. The molecule has 188 valence electrons. The Morgan fingerprint density at radius 1 is 1.08 bits per heavy atom. The number of aryl methyl sites for hydroxylation is 2. The Morgan fingerprint density at radius 3 is 2.58 bits per heavy atom. The molecular weight excluding hydrogens is 450 g/mol. The zero-order chi connectivity index (χ0) is 25.5. The molecule has 0 atom stereocenters. The van der Waals surface area contributed by atoms with E-state index in [0.29, 0.717) is 23.8 Å². The van der Waals surface area contributed by atoms with E-state index in [4.69, 9.17) is 16.6 Å². The van der Waals surface area contributed by atoms with Crippen LogP contribution < -0.4 is 10.2 Å². The van der Waals surface area contributed by atoms with Gasteiger partial charge in [0.2, 0.25) is 5.91 Å². The summed E-state index contributed by atoms with van der Waals surface area (Å²) in [5.74, 6) is 0.0738. The van der Waals surface area contributed by atoms with Crippen LogP contribution in [0.15, 0.2) is 36.4 Å². The number of carbonyl (C=O) groups is 1. The fourth-order valence-electron chi connectivity index (χ4n) is 5.16. The largest absolute Gasteiger partial charge is 0.382 e. The van der Waals surface area contributed by atoms with Crippen molar-refractivity contribution in [2.75, 3.05) is 43.0 Å². The second kappa shape index (κ2) is 11.9. The number of hydrogen-bond acceptors (Lipinski definition) is 5. The lowest BCUT2D eigenvalue weighted by Gasteiger charge is -2.30. The maximum absolute atomic E-state index is 12.9. The molecule has 4 rings (SSSR count). The molecular formula is C29H35N5O2. The first kappa shape index (κ1) is 25.5. The number of nitriles is 1. The second-order valence-corrected chi connectivity index (χ2v) is 9.87. The minimum atomic E-state index is 0.0738. The predicted octanol–water partition coefficient (Wildman–Crippen LogP) is 5.20. The van der Waals surface area contributed by atoms with Crippen molar-refractivity contribution in [3.8, 4) is 6.07 Å².